The van der Waals surface area contributed by atoms with Crippen LogP contribution in [0.2, 0.25) is 0 Å². The van der Waals surface area contributed by atoms with Crippen LogP contribution in [0.15, 0.2) is 4.99 Å². The Morgan fingerprint density at radius 1 is 1.29 bits per heavy atom. The van der Waals surface area contributed by atoms with Gasteiger partial charge in [0.05, 0.1) is 36.2 Å². The number of guanidine groups is 1. The first-order valence-electron chi connectivity index (χ1n) is 7.52. The molecule has 2 N–H and O–H groups in total. The lowest BCUT2D eigenvalue weighted by Crippen LogP contribution is -2.39. The molecule has 0 amide bonds. The topological polar surface area (TPSA) is 92.7 Å². The molecule has 1 rings (SSSR count). The number of halogens is 1. The first kappa shape index (κ1) is 23.5. The molecular weight excluding hydrogens is 463 g/mol. The highest BCUT2D eigenvalue weighted by atomic mass is 127. The summed E-state index contributed by atoms with van der Waals surface area (Å²) in [6.45, 7) is 8.54. The Hall–Kier alpha value is -0.460. The van der Waals surface area contributed by atoms with E-state index in [1.54, 1.807) is 11.3 Å². The fourth-order valence-corrected chi connectivity index (χ4v) is 3.05. The van der Waals surface area contributed by atoms with Crippen LogP contribution >= 0.6 is 35.3 Å². The number of sulfone groups is 1. The van der Waals surface area contributed by atoms with Gasteiger partial charge in [-0.05, 0) is 20.8 Å². The second kappa shape index (κ2) is 12.0. The smallest absolute Gasteiger partial charge is 0.191 e. The molecule has 0 saturated carbocycles. The molecule has 140 valence electrons. The summed E-state index contributed by atoms with van der Waals surface area (Å²) in [5.41, 5.74) is 1.02. The summed E-state index contributed by atoms with van der Waals surface area (Å²) in [6.07, 6.45) is 1.20. The first-order valence-corrected chi connectivity index (χ1v) is 10.4. The van der Waals surface area contributed by atoms with Crippen LogP contribution in [0.1, 0.15) is 22.5 Å². The molecule has 0 aliphatic carbocycles. The van der Waals surface area contributed by atoms with E-state index in [1.807, 2.05) is 20.8 Å². The summed E-state index contributed by atoms with van der Waals surface area (Å²) in [6, 6.07) is 0. The summed E-state index contributed by atoms with van der Waals surface area (Å²) in [4.78, 5) is 10.1. The van der Waals surface area contributed by atoms with E-state index in [0.29, 0.717) is 25.7 Å². The van der Waals surface area contributed by atoms with Crippen LogP contribution in [0.5, 0.6) is 0 Å². The lowest BCUT2D eigenvalue weighted by Gasteiger charge is -2.11. The lowest BCUT2D eigenvalue weighted by molar-refractivity contribution is 0.154. The van der Waals surface area contributed by atoms with E-state index in [2.05, 4.69) is 20.6 Å². The van der Waals surface area contributed by atoms with Crippen LogP contribution in [-0.4, -0.2) is 57.7 Å². The Morgan fingerprint density at radius 2 is 2.00 bits per heavy atom. The maximum atomic E-state index is 11.0. The van der Waals surface area contributed by atoms with Crippen molar-refractivity contribution in [1.82, 2.24) is 15.6 Å². The molecule has 0 aliphatic heterocycles. The van der Waals surface area contributed by atoms with Crippen LogP contribution in [0.4, 0.5) is 0 Å². The van der Waals surface area contributed by atoms with Crippen molar-refractivity contribution in [2.75, 3.05) is 38.3 Å². The predicted octanol–water partition coefficient (Wildman–Crippen LogP) is 1.49. The zero-order valence-corrected chi connectivity index (χ0v) is 18.5. The molecule has 0 bridgehead atoms. The normalized spacial score (nSPS) is 11.9. The number of aliphatic imine (C=N–C) groups is 1. The van der Waals surface area contributed by atoms with Gasteiger partial charge in [-0.3, -0.25) is 0 Å². The van der Waals surface area contributed by atoms with E-state index in [1.165, 1.54) is 6.26 Å². The van der Waals surface area contributed by atoms with Gasteiger partial charge in [0, 0.05) is 24.2 Å². The van der Waals surface area contributed by atoms with E-state index >= 15 is 0 Å². The Bertz CT molecular complexity index is 618. The van der Waals surface area contributed by atoms with E-state index in [9.17, 15) is 8.42 Å². The van der Waals surface area contributed by atoms with Crippen LogP contribution < -0.4 is 10.6 Å². The second-order valence-electron chi connectivity index (χ2n) is 5.11. The number of nitrogens with one attached hydrogen (secondary N) is 2. The third-order valence-electron chi connectivity index (χ3n) is 2.86. The molecule has 0 fully saturated rings. The number of rotatable bonds is 9. The molecule has 0 aromatic carbocycles. The van der Waals surface area contributed by atoms with Crippen molar-refractivity contribution in [3.63, 3.8) is 0 Å². The SMILES string of the molecule is CCNC(=NCc1sc(C)nc1C)NCCOCCS(C)(=O)=O.I. The molecule has 7 nitrogen and oxygen atoms in total. The third kappa shape index (κ3) is 10.4. The Kier molecular flexibility index (Phi) is 11.8. The minimum absolute atomic E-state index is 0. The standard InChI is InChI=1S/C14H26N4O3S2.HI/c1-5-15-14(16-6-7-21-8-9-23(4,19)20)17-10-13-11(2)18-12(3)22-13;/h5-10H2,1-4H3,(H2,15,16,17);1H. The van der Waals surface area contributed by atoms with Gasteiger partial charge in [0.2, 0.25) is 0 Å². The number of ether oxygens (including phenoxy) is 1. The van der Waals surface area contributed by atoms with Gasteiger partial charge < -0.3 is 15.4 Å². The maximum Gasteiger partial charge on any atom is 0.191 e. The summed E-state index contributed by atoms with van der Waals surface area (Å²) in [5, 5.41) is 7.38. The van der Waals surface area contributed by atoms with Crippen molar-refractivity contribution in [3.05, 3.63) is 15.6 Å². The van der Waals surface area contributed by atoms with E-state index < -0.39 is 9.84 Å². The van der Waals surface area contributed by atoms with Gasteiger partial charge in [-0.1, -0.05) is 0 Å². The van der Waals surface area contributed by atoms with Gasteiger partial charge in [0.15, 0.2) is 5.96 Å². The van der Waals surface area contributed by atoms with Crippen LogP contribution in [0, 0.1) is 13.8 Å². The highest BCUT2D eigenvalue weighted by molar-refractivity contribution is 14.0. The number of aromatic nitrogens is 1. The average molecular weight is 490 g/mol. The van der Waals surface area contributed by atoms with Crippen molar-refractivity contribution >= 4 is 51.1 Å². The number of aryl methyl sites for hydroxylation is 2. The monoisotopic (exact) mass is 490 g/mol. The summed E-state index contributed by atoms with van der Waals surface area (Å²) in [5.74, 6) is 0.759. The average Bonchev–Trinajstić information content (AvgIpc) is 2.76. The molecule has 1 aromatic rings. The van der Waals surface area contributed by atoms with Gasteiger partial charge in [-0.15, -0.1) is 35.3 Å². The zero-order chi connectivity index (χ0) is 17.3. The molecule has 0 atom stereocenters. The van der Waals surface area contributed by atoms with Crippen molar-refractivity contribution < 1.29 is 13.2 Å². The fraction of sp³-hybridized carbons (Fsp3) is 0.714. The van der Waals surface area contributed by atoms with E-state index in [-0.39, 0.29) is 36.3 Å². The minimum atomic E-state index is -2.96. The van der Waals surface area contributed by atoms with Crippen LogP contribution in [-0.2, 0) is 21.1 Å². The molecule has 1 aromatic heterocycles. The van der Waals surface area contributed by atoms with Gasteiger partial charge in [-0.2, -0.15) is 0 Å². The highest BCUT2D eigenvalue weighted by Crippen LogP contribution is 2.17. The van der Waals surface area contributed by atoms with Gasteiger partial charge in [-0.25, -0.2) is 18.4 Å². The molecule has 24 heavy (non-hydrogen) atoms. The third-order valence-corrected chi connectivity index (χ3v) is 4.83. The molecule has 1 heterocycles. The fourth-order valence-electron chi connectivity index (χ4n) is 1.77. The summed E-state index contributed by atoms with van der Waals surface area (Å²) in [7, 11) is -2.96. The number of nitrogens with zero attached hydrogens (tertiary/aromatic N) is 2. The molecule has 0 radical (unpaired) electrons. The molecular formula is C14H27IN4O3S2. The van der Waals surface area contributed by atoms with E-state index in [0.717, 1.165) is 22.1 Å². The van der Waals surface area contributed by atoms with Crippen molar-refractivity contribution in [3.8, 4) is 0 Å². The number of hydrogen-bond donors (Lipinski definition) is 2. The van der Waals surface area contributed by atoms with E-state index in [4.69, 9.17) is 4.74 Å². The predicted molar refractivity (Wildman–Crippen MR) is 110 cm³/mol. The highest BCUT2D eigenvalue weighted by Gasteiger charge is 2.05. The number of thiazole rings is 1. The van der Waals surface area contributed by atoms with Gasteiger partial charge in [0.25, 0.3) is 0 Å². The molecule has 0 aliphatic rings. The Morgan fingerprint density at radius 3 is 2.54 bits per heavy atom. The summed E-state index contributed by atoms with van der Waals surface area (Å²) < 4.78 is 27.2. The van der Waals surface area contributed by atoms with Crippen molar-refractivity contribution in [1.29, 1.82) is 0 Å². The van der Waals surface area contributed by atoms with Crippen LogP contribution in [0.25, 0.3) is 0 Å². The molecule has 0 saturated heterocycles. The van der Waals surface area contributed by atoms with Gasteiger partial charge >= 0.3 is 0 Å². The molecule has 0 unspecified atom stereocenters. The van der Waals surface area contributed by atoms with Gasteiger partial charge in [0.1, 0.15) is 9.84 Å². The Balaban J connectivity index is 0.00000529. The Labute approximate surface area is 165 Å². The maximum absolute atomic E-state index is 11.0. The summed E-state index contributed by atoms with van der Waals surface area (Å²) >= 11 is 1.66. The quantitative estimate of drug-likeness (QED) is 0.236. The lowest BCUT2D eigenvalue weighted by atomic mass is 10.4. The largest absolute Gasteiger partial charge is 0.379 e. The second-order valence-corrected chi connectivity index (χ2v) is 8.65. The zero-order valence-electron chi connectivity index (χ0n) is 14.6. The number of hydrogen-bond acceptors (Lipinski definition) is 6. The molecule has 10 heteroatoms. The van der Waals surface area contributed by atoms with Crippen molar-refractivity contribution in [2.24, 2.45) is 4.99 Å². The minimum Gasteiger partial charge on any atom is -0.379 e. The van der Waals surface area contributed by atoms with Crippen molar-refractivity contribution in [2.45, 2.75) is 27.3 Å². The van der Waals surface area contributed by atoms with Crippen LogP contribution in [0.3, 0.4) is 0 Å². The first-order chi connectivity index (χ1) is 10.8. The molecule has 0 spiro atoms.